The summed E-state index contributed by atoms with van der Waals surface area (Å²) in [6, 6.07) is 17.7. The van der Waals surface area contributed by atoms with Gasteiger partial charge in [-0.25, -0.2) is 4.98 Å². The molecule has 0 radical (unpaired) electrons. The number of rotatable bonds is 6. The van der Waals surface area contributed by atoms with Gasteiger partial charge in [0.1, 0.15) is 18.2 Å². The minimum absolute atomic E-state index is 0.399. The SMILES string of the molecule is CN(C)c1ccnc(-n2cccc2/C=N/OCc2ccccc2)c1C#N. The molecule has 0 fully saturated rings. The average Bonchev–Trinajstić information content (AvgIpc) is 3.13. The fraction of sp³-hybridized carbons (Fsp3) is 0.150. The van der Waals surface area contributed by atoms with E-state index in [0.29, 0.717) is 18.0 Å². The Bertz CT molecular complexity index is 938. The van der Waals surface area contributed by atoms with Crippen molar-refractivity contribution in [3.63, 3.8) is 0 Å². The van der Waals surface area contributed by atoms with Crippen molar-refractivity contribution in [2.24, 2.45) is 5.16 Å². The summed E-state index contributed by atoms with van der Waals surface area (Å²) in [6.07, 6.45) is 5.16. The predicted molar refractivity (Wildman–Crippen MR) is 101 cm³/mol. The van der Waals surface area contributed by atoms with Crippen molar-refractivity contribution in [3.05, 3.63) is 77.7 Å². The zero-order valence-corrected chi connectivity index (χ0v) is 14.7. The highest BCUT2D eigenvalue weighted by molar-refractivity contribution is 5.79. The normalized spacial score (nSPS) is 10.7. The van der Waals surface area contributed by atoms with Gasteiger partial charge >= 0.3 is 0 Å². The molecule has 6 nitrogen and oxygen atoms in total. The van der Waals surface area contributed by atoms with Gasteiger partial charge in [-0.2, -0.15) is 5.26 Å². The first kappa shape index (κ1) is 17.2. The summed E-state index contributed by atoms with van der Waals surface area (Å²) < 4.78 is 1.82. The van der Waals surface area contributed by atoms with Gasteiger partial charge in [-0.3, -0.25) is 4.57 Å². The smallest absolute Gasteiger partial charge is 0.157 e. The van der Waals surface area contributed by atoms with Gasteiger partial charge in [-0.15, -0.1) is 0 Å². The molecular formula is C20H19N5O. The number of benzene rings is 1. The predicted octanol–water partition coefficient (Wildman–Crippen LogP) is 3.36. The molecule has 6 heteroatoms. The summed E-state index contributed by atoms with van der Waals surface area (Å²) in [6.45, 7) is 0.399. The van der Waals surface area contributed by atoms with E-state index in [4.69, 9.17) is 4.84 Å². The molecule has 0 bridgehead atoms. The highest BCUT2D eigenvalue weighted by Crippen LogP contribution is 2.23. The van der Waals surface area contributed by atoms with E-state index >= 15 is 0 Å². The van der Waals surface area contributed by atoms with Crippen molar-refractivity contribution >= 4 is 11.9 Å². The van der Waals surface area contributed by atoms with Crippen LogP contribution in [-0.4, -0.2) is 29.9 Å². The van der Waals surface area contributed by atoms with Crippen LogP contribution in [0.1, 0.15) is 16.8 Å². The minimum atomic E-state index is 0.399. The van der Waals surface area contributed by atoms with E-state index in [1.165, 1.54) is 0 Å². The number of aromatic nitrogens is 2. The maximum absolute atomic E-state index is 9.59. The summed E-state index contributed by atoms with van der Waals surface area (Å²) in [5.41, 5.74) is 3.15. The number of pyridine rings is 1. The molecule has 0 unspecified atom stereocenters. The lowest BCUT2D eigenvalue weighted by atomic mass is 10.2. The number of anilines is 1. The van der Waals surface area contributed by atoms with Crippen molar-refractivity contribution < 1.29 is 4.84 Å². The monoisotopic (exact) mass is 345 g/mol. The first-order valence-corrected chi connectivity index (χ1v) is 8.14. The van der Waals surface area contributed by atoms with Crippen LogP contribution in [0, 0.1) is 11.3 Å². The highest BCUT2D eigenvalue weighted by Gasteiger charge is 2.14. The number of hydrogen-bond donors (Lipinski definition) is 0. The third-order valence-electron chi connectivity index (χ3n) is 3.84. The summed E-state index contributed by atoms with van der Waals surface area (Å²) in [5.74, 6) is 0.563. The largest absolute Gasteiger partial charge is 0.391 e. The molecule has 2 heterocycles. The van der Waals surface area contributed by atoms with E-state index < -0.39 is 0 Å². The highest BCUT2D eigenvalue weighted by atomic mass is 16.6. The number of nitrogens with zero attached hydrogens (tertiary/aromatic N) is 5. The van der Waals surface area contributed by atoms with Crippen molar-refractivity contribution in [3.8, 4) is 11.9 Å². The van der Waals surface area contributed by atoms with Gasteiger partial charge in [-0.05, 0) is 23.8 Å². The fourth-order valence-corrected chi connectivity index (χ4v) is 2.57. The zero-order chi connectivity index (χ0) is 18.4. The van der Waals surface area contributed by atoms with Gasteiger partial charge in [0.15, 0.2) is 5.82 Å². The van der Waals surface area contributed by atoms with Gasteiger partial charge in [0, 0.05) is 26.5 Å². The molecule has 0 N–H and O–H groups in total. The molecule has 0 spiro atoms. The van der Waals surface area contributed by atoms with Crippen LogP contribution in [0.25, 0.3) is 5.82 Å². The van der Waals surface area contributed by atoms with Crippen LogP contribution in [0.15, 0.2) is 66.1 Å². The van der Waals surface area contributed by atoms with E-state index in [2.05, 4.69) is 16.2 Å². The maximum atomic E-state index is 9.59. The van der Waals surface area contributed by atoms with Crippen LogP contribution in [-0.2, 0) is 11.4 Å². The maximum Gasteiger partial charge on any atom is 0.157 e. The van der Waals surface area contributed by atoms with Crippen LogP contribution in [0.3, 0.4) is 0 Å². The average molecular weight is 345 g/mol. The number of nitriles is 1. The van der Waals surface area contributed by atoms with E-state index in [1.807, 2.05) is 78.3 Å². The molecule has 3 rings (SSSR count). The lowest BCUT2D eigenvalue weighted by Gasteiger charge is -2.16. The van der Waals surface area contributed by atoms with Gasteiger partial charge in [-0.1, -0.05) is 35.5 Å². The third kappa shape index (κ3) is 3.73. The molecule has 1 aromatic carbocycles. The Kier molecular flexibility index (Phi) is 5.30. The topological polar surface area (TPSA) is 66.4 Å². The Labute approximate surface area is 152 Å². The van der Waals surface area contributed by atoms with Crippen molar-refractivity contribution in [1.29, 1.82) is 5.26 Å². The number of hydrogen-bond acceptors (Lipinski definition) is 5. The molecule has 0 atom stereocenters. The van der Waals surface area contributed by atoms with E-state index in [-0.39, 0.29) is 0 Å². The standard InChI is InChI=1S/C20H19N5O/c1-24(2)19-10-11-22-20(18(19)13-21)25-12-6-9-17(25)14-23-26-15-16-7-4-3-5-8-16/h3-12,14H,15H2,1-2H3/b23-14+. The molecule has 0 aliphatic carbocycles. The third-order valence-corrected chi connectivity index (χ3v) is 3.84. The Morgan fingerprint density at radius 3 is 2.73 bits per heavy atom. The zero-order valence-electron chi connectivity index (χ0n) is 14.7. The van der Waals surface area contributed by atoms with E-state index in [1.54, 1.807) is 12.4 Å². The Hall–Kier alpha value is -3.59. The number of oxime groups is 1. The van der Waals surface area contributed by atoms with Crippen molar-refractivity contribution in [1.82, 2.24) is 9.55 Å². The fourth-order valence-electron chi connectivity index (χ4n) is 2.57. The van der Waals surface area contributed by atoms with Crippen LogP contribution < -0.4 is 4.90 Å². The Balaban J connectivity index is 1.82. The van der Waals surface area contributed by atoms with Gasteiger partial charge < -0.3 is 9.74 Å². The van der Waals surface area contributed by atoms with Gasteiger partial charge in [0.2, 0.25) is 0 Å². The van der Waals surface area contributed by atoms with Crippen LogP contribution in [0.4, 0.5) is 5.69 Å². The van der Waals surface area contributed by atoms with Crippen LogP contribution in [0.2, 0.25) is 0 Å². The summed E-state index contributed by atoms with van der Waals surface area (Å²) >= 11 is 0. The molecule has 0 amide bonds. The van der Waals surface area contributed by atoms with Crippen molar-refractivity contribution in [2.45, 2.75) is 6.61 Å². The lowest BCUT2D eigenvalue weighted by Crippen LogP contribution is -2.13. The first-order chi connectivity index (χ1) is 12.7. The lowest BCUT2D eigenvalue weighted by molar-refractivity contribution is 0.132. The van der Waals surface area contributed by atoms with Crippen LogP contribution in [0.5, 0.6) is 0 Å². The molecular weight excluding hydrogens is 326 g/mol. The van der Waals surface area contributed by atoms with Gasteiger partial charge in [0.05, 0.1) is 17.6 Å². The molecule has 0 saturated heterocycles. The summed E-state index contributed by atoms with van der Waals surface area (Å²) in [7, 11) is 3.80. The van der Waals surface area contributed by atoms with E-state index in [9.17, 15) is 5.26 Å². The summed E-state index contributed by atoms with van der Waals surface area (Å²) in [4.78, 5) is 11.6. The van der Waals surface area contributed by atoms with Gasteiger partial charge in [0.25, 0.3) is 0 Å². The second-order valence-electron chi connectivity index (χ2n) is 5.83. The molecule has 0 aliphatic heterocycles. The van der Waals surface area contributed by atoms with Crippen LogP contribution >= 0.6 is 0 Å². The Morgan fingerprint density at radius 2 is 2.00 bits per heavy atom. The first-order valence-electron chi connectivity index (χ1n) is 8.14. The second-order valence-corrected chi connectivity index (χ2v) is 5.83. The van der Waals surface area contributed by atoms with Crippen molar-refractivity contribution in [2.75, 3.05) is 19.0 Å². The molecule has 26 heavy (non-hydrogen) atoms. The second kappa shape index (κ2) is 7.99. The summed E-state index contributed by atoms with van der Waals surface area (Å²) in [5, 5.41) is 13.6. The Morgan fingerprint density at radius 1 is 1.19 bits per heavy atom. The minimum Gasteiger partial charge on any atom is -0.391 e. The quantitative estimate of drug-likeness (QED) is 0.507. The molecule has 3 aromatic rings. The molecule has 0 aliphatic rings. The molecule has 0 saturated carbocycles. The van der Waals surface area contributed by atoms with E-state index in [0.717, 1.165) is 16.9 Å². The molecule has 2 aromatic heterocycles. The molecule has 130 valence electrons.